The Labute approximate surface area is 83.7 Å². The molecule has 1 aromatic carbocycles. The number of hydrogen-bond donors (Lipinski definition) is 1. The van der Waals surface area contributed by atoms with Gasteiger partial charge in [-0.05, 0) is 19.1 Å². The summed E-state index contributed by atoms with van der Waals surface area (Å²) in [6, 6.07) is 5.99. The average Bonchev–Trinajstić information content (AvgIpc) is 1.86. The third-order valence-electron chi connectivity index (χ3n) is 1.32. The van der Waals surface area contributed by atoms with E-state index in [9.17, 15) is 8.42 Å². The van der Waals surface area contributed by atoms with Crippen molar-refractivity contribution in [3.05, 3.63) is 29.8 Å². The third-order valence-corrected chi connectivity index (χ3v) is 2.19. The predicted octanol–water partition coefficient (Wildman–Crippen LogP) is 0.593. The molecule has 0 amide bonds. The molecule has 0 fully saturated rings. The summed E-state index contributed by atoms with van der Waals surface area (Å²) in [6.07, 6.45) is 0. The molecule has 0 bridgehead atoms. The van der Waals surface area contributed by atoms with Crippen molar-refractivity contribution in [2.75, 3.05) is 0 Å². The fourth-order valence-electron chi connectivity index (χ4n) is 0.710. The van der Waals surface area contributed by atoms with Gasteiger partial charge in [0.1, 0.15) is 0 Å². The summed E-state index contributed by atoms with van der Waals surface area (Å²) in [7, 11) is -4.02. The summed E-state index contributed by atoms with van der Waals surface area (Å²) in [6.45, 7) is 1.84. The molecule has 0 heterocycles. The first-order valence-electron chi connectivity index (χ1n) is 3.04. The van der Waals surface area contributed by atoms with Gasteiger partial charge in [-0.1, -0.05) is 17.7 Å². The quantitative estimate of drug-likeness (QED) is 0.508. The van der Waals surface area contributed by atoms with Crippen molar-refractivity contribution in [1.29, 1.82) is 0 Å². The van der Waals surface area contributed by atoms with Crippen LogP contribution in [0.15, 0.2) is 29.2 Å². The molecule has 0 radical (unpaired) electrons. The molecule has 5 heteroatoms. The summed E-state index contributed by atoms with van der Waals surface area (Å²) < 4.78 is 29.6. The van der Waals surface area contributed by atoms with Crippen LogP contribution in [0.25, 0.3) is 0 Å². The molecule has 0 aliphatic rings. The topological polar surface area (TPSA) is 54.4 Å². The molecule has 0 spiro atoms. The Morgan fingerprint density at radius 1 is 1.17 bits per heavy atom. The van der Waals surface area contributed by atoms with Crippen LogP contribution in [-0.2, 0) is 10.1 Å². The molecular weight excluding hydrogens is 171 g/mol. The molecule has 0 aliphatic heterocycles. The number of aryl methyl sites for hydroxylation is 1. The van der Waals surface area contributed by atoms with Crippen molar-refractivity contribution < 1.29 is 13.0 Å². The second-order valence-corrected chi connectivity index (χ2v) is 3.71. The van der Waals surface area contributed by atoms with Gasteiger partial charge in [-0.25, -0.2) is 0 Å². The second kappa shape index (κ2) is 4.10. The number of hydrogen-bond acceptors (Lipinski definition) is 2. The fourth-order valence-corrected chi connectivity index (χ4v) is 1.19. The third kappa shape index (κ3) is 3.00. The van der Waals surface area contributed by atoms with E-state index in [0.29, 0.717) is 0 Å². The molecule has 62 valence electrons. The van der Waals surface area contributed by atoms with Crippen LogP contribution in [0.5, 0.6) is 0 Å². The monoisotopic (exact) mass is 180 g/mol. The van der Waals surface area contributed by atoms with E-state index in [1.807, 2.05) is 6.92 Å². The van der Waals surface area contributed by atoms with E-state index in [-0.39, 0.29) is 23.8 Å². The van der Waals surface area contributed by atoms with Crippen LogP contribution in [0.1, 0.15) is 5.56 Å². The second-order valence-electron chi connectivity index (χ2n) is 2.29. The summed E-state index contributed by atoms with van der Waals surface area (Å²) in [5.41, 5.74) is 0.956. The SMILES string of the molecule is Cc1ccc(S(=O)(=O)O)cc1.[LiH]. The maximum atomic E-state index is 10.5. The van der Waals surface area contributed by atoms with Crippen molar-refractivity contribution in [1.82, 2.24) is 0 Å². The van der Waals surface area contributed by atoms with E-state index >= 15 is 0 Å². The van der Waals surface area contributed by atoms with Crippen LogP contribution in [0.3, 0.4) is 0 Å². The van der Waals surface area contributed by atoms with Gasteiger partial charge >= 0.3 is 18.9 Å². The van der Waals surface area contributed by atoms with E-state index < -0.39 is 10.1 Å². The van der Waals surface area contributed by atoms with Gasteiger partial charge in [0.25, 0.3) is 10.1 Å². The predicted molar refractivity (Wildman–Crippen MR) is 48.1 cm³/mol. The van der Waals surface area contributed by atoms with Crippen molar-refractivity contribution in [2.24, 2.45) is 0 Å². The molecule has 0 aliphatic carbocycles. The Morgan fingerprint density at radius 2 is 1.58 bits per heavy atom. The van der Waals surface area contributed by atoms with Gasteiger partial charge in [0, 0.05) is 0 Å². The molecule has 0 saturated heterocycles. The molecule has 1 N–H and O–H groups in total. The van der Waals surface area contributed by atoms with Crippen LogP contribution in [0.4, 0.5) is 0 Å². The minimum atomic E-state index is -4.02. The normalized spacial score (nSPS) is 10.5. The Hall–Kier alpha value is -0.273. The Bertz CT molecular complexity index is 341. The zero-order chi connectivity index (χ0) is 8.48. The van der Waals surface area contributed by atoms with Gasteiger partial charge < -0.3 is 0 Å². The molecule has 12 heavy (non-hydrogen) atoms. The Balaban J connectivity index is 0.00000121. The van der Waals surface area contributed by atoms with Gasteiger partial charge in [-0.3, -0.25) is 4.55 Å². The van der Waals surface area contributed by atoms with Crippen molar-refractivity contribution in [2.45, 2.75) is 11.8 Å². The average molecular weight is 180 g/mol. The van der Waals surface area contributed by atoms with Gasteiger partial charge in [-0.2, -0.15) is 8.42 Å². The first-order chi connectivity index (χ1) is 5.00. The van der Waals surface area contributed by atoms with Crippen LogP contribution in [-0.4, -0.2) is 31.8 Å². The molecule has 0 saturated carbocycles. The minimum absolute atomic E-state index is 0. The first kappa shape index (κ1) is 11.7. The fraction of sp³-hybridized carbons (Fsp3) is 0.143. The van der Waals surface area contributed by atoms with Crippen LogP contribution in [0.2, 0.25) is 0 Å². The molecule has 0 unspecified atom stereocenters. The van der Waals surface area contributed by atoms with E-state index in [0.717, 1.165) is 5.56 Å². The molecule has 1 rings (SSSR count). The summed E-state index contributed by atoms with van der Waals surface area (Å²) in [4.78, 5) is -0.0666. The summed E-state index contributed by atoms with van der Waals surface area (Å²) in [5.74, 6) is 0. The summed E-state index contributed by atoms with van der Waals surface area (Å²) in [5, 5.41) is 0. The summed E-state index contributed by atoms with van der Waals surface area (Å²) >= 11 is 0. The van der Waals surface area contributed by atoms with Crippen LogP contribution in [0, 0.1) is 6.92 Å². The van der Waals surface area contributed by atoms with Crippen LogP contribution < -0.4 is 0 Å². The van der Waals surface area contributed by atoms with E-state index in [1.54, 1.807) is 12.1 Å². The molecule has 3 nitrogen and oxygen atoms in total. The van der Waals surface area contributed by atoms with E-state index in [4.69, 9.17) is 4.55 Å². The van der Waals surface area contributed by atoms with Gasteiger partial charge in [0.05, 0.1) is 4.90 Å². The van der Waals surface area contributed by atoms with Crippen molar-refractivity contribution in [3.63, 3.8) is 0 Å². The molecule has 0 aromatic heterocycles. The number of rotatable bonds is 1. The van der Waals surface area contributed by atoms with Crippen molar-refractivity contribution >= 4 is 29.0 Å². The van der Waals surface area contributed by atoms with Gasteiger partial charge in [0.2, 0.25) is 0 Å². The maximum absolute atomic E-state index is 10.5. The molecule has 1 aromatic rings. The molecule has 0 atom stereocenters. The first-order valence-corrected chi connectivity index (χ1v) is 4.48. The van der Waals surface area contributed by atoms with Crippen molar-refractivity contribution in [3.8, 4) is 0 Å². The number of benzene rings is 1. The van der Waals surface area contributed by atoms with E-state index in [1.165, 1.54) is 12.1 Å². The Kier molecular flexibility index (Phi) is 4.01. The van der Waals surface area contributed by atoms with Crippen LogP contribution >= 0.6 is 0 Å². The van der Waals surface area contributed by atoms with Gasteiger partial charge in [-0.15, -0.1) is 0 Å². The zero-order valence-corrected chi connectivity index (χ0v) is 6.80. The Morgan fingerprint density at radius 3 is 1.92 bits per heavy atom. The van der Waals surface area contributed by atoms with E-state index in [2.05, 4.69) is 0 Å². The standard InChI is InChI=1S/C7H8O3S.Li.H/c1-6-2-4-7(5-3-6)11(8,9)10;;/h2-5H,1H3,(H,8,9,10);;. The zero-order valence-electron chi connectivity index (χ0n) is 5.98. The molecular formula is C7H9LiO3S. The van der Waals surface area contributed by atoms with Gasteiger partial charge in [0.15, 0.2) is 0 Å².